The highest BCUT2D eigenvalue weighted by atomic mass is 32.2. The Hall–Kier alpha value is -3.71. The minimum Gasteiger partial charge on any atom is -0.543 e. The van der Waals surface area contributed by atoms with Crippen molar-refractivity contribution in [2.45, 2.75) is 24.4 Å². The molecule has 2 aromatic heterocycles. The molecule has 0 spiro atoms. The summed E-state index contributed by atoms with van der Waals surface area (Å²) in [5, 5.41) is 24.6. The lowest BCUT2D eigenvalue weighted by Gasteiger charge is -2.50. The summed E-state index contributed by atoms with van der Waals surface area (Å²) in [5.41, 5.74) is 6.13. The Labute approximate surface area is 201 Å². The Morgan fingerprint density at radius 2 is 2.06 bits per heavy atom. The Balaban J connectivity index is 1.54. The summed E-state index contributed by atoms with van der Waals surface area (Å²) in [6.07, 6.45) is 4.34. The fourth-order valence-electron chi connectivity index (χ4n) is 3.69. The van der Waals surface area contributed by atoms with Crippen LogP contribution in [0.2, 0.25) is 0 Å². The number of nitrogens with zero attached hydrogens (tertiary/aromatic N) is 3. The maximum Gasteiger partial charge on any atom is 0.307 e. The molecule has 0 aliphatic carbocycles. The highest BCUT2D eigenvalue weighted by molar-refractivity contribution is 8.00. The molecule has 4 rings (SSSR count). The second-order valence-corrected chi connectivity index (χ2v) is 9.43. The molecule has 0 aromatic carbocycles. The minimum absolute atomic E-state index is 0.0285. The quantitative estimate of drug-likeness (QED) is 0.233. The summed E-state index contributed by atoms with van der Waals surface area (Å²) in [5.74, 6) is -3.56. The van der Waals surface area contributed by atoms with Gasteiger partial charge in [0.2, 0.25) is 0 Å². The number of hydrogen-bond acceptors (Lipinski definition) is 9. The van der Waals surface area contributed by atoms with Crippen LogP contribution in [0.5, 0.6) is 0 Å². The number of rotatable bonds is 8. The largest absolute Gasteiger partial charge is 0.543 e. The predicted octanol–water partition coefficient (Wildman–Crippen LogP) is -1.02. The lowest BCUT2D eigenvalue weighted by molar-refractivity contribution is -0.689. The van der Waals surface area contributed by atoms with E-state index >= 15 is 0 Å². The number of aromatic nitrogens is 2. The highest BCUT2D eigenvalue weighted by Gasteiger charge is 2.53. The maximum absolute atomic E-state index is 12.9. The molecule has 2 aliphatic rings. The molecule has 0 unspecified atom stereocenters. The molecule has 13 heteroatoms. The number of thioether (sulfide) groups is 1. The molecule has 11 nitrogen and oxygen atoms in total. The van der Waals surface area contributed by atoms with E-state index in [1.54, 1.807) is 17.0 Å². The number of pyridine rings is 1. The molecule has 34 heavy (non-hydrogen) atoms. The van der Waals surface area contributed by atoms with Gasteiger partial charge in [0.1, 0.15) is 11.4 Å². The first-order valence-electron chi connectivity index (χ1n) is 10.0. The van der Waals surface area contributed by atoms with Crippen LogP contribution in [0.3, 0.4) is 0 Å². The molecule has 0 radical (unpaired) electrons. The number of aliphatic carboxylic acids is 2. The van der Waals surface area contributed by atoms with Gasteiger partial charge in [-0.05, 0) is 0 Å². The number of nitrogens with one attached hydrogen (secondary N) is 1. The van der Waals surface area contributed by atoms with Crippen molar-refractivity contribution in [1.82, 2.24) is 15.2 Å². The summed E-state index contributed by atoms with van der Waals surface area (Å²) < 4.78 is 1.79. The molecule has 1 saturated heterocycles. The number of carbonyl (C=O) groups is 4. The number of thiazole rings is 1. The van der Waals surface area contributed by atoms with Crippen LogP contribution < -0.4 is 20.7 Å². The van der Waals surface area contributed by atoms with Crippen molar-refractivity contribution in [2.24, 2.45) is 0 Å². The van der Waals surface area contributed by atoms with Crippen LogP contribution in [0, 0.1) is 0 Å². The number of fused-ring (bicyclic) bond motifs is 1. The van der Waals surface area contributed by atoms with Gasteiger partial charge in [0.25, 0.3) is 11.8 Å². The fourth-order valence-corrected chi connectivity index (χ4v) is 5.58. The third-order valence-corrected chi connectivity index (χ3v) is 7.21. The molecule has 2 aromatic rings. The minimum atomic E-state index is -1.46. The van der Waals surface area contributed by atoms with Crippen LogP contribution in [0.25, 0.3) is 5.57 Å². The summed E-state index contributed by atoms with van der Waals surface area (Å²) in [6.45, 7) is 0.276. The molecule has 176 valence electrons. The van der Waals surface area contributed by atoms with Crippen molar-refractivity contribution >= 4 is 57.6 Å². The normalized spacial score (nSPS) is 19.9. The number of carboxylic acids is 2. The number of nitrogens with two attached hydrogens (primary N) is 1. The van der Waals surface area contributed by atoms with Crippen molar-refractivity contribution < 1.29 is 34.0 Å². The van der Waals surface area contributed by atoms with Crippen molar-refractivity contribution in [3.05, 3.63) is 59.0 Å². The van der Waals surface area contributed by atoms with Gasteiger partial charge in [-0.3, -0.25) is 19.3 Å². The van der Waals surface area contributed by atoms with Gasteiger partial charge < -0.3 is 26.1 Å². The molecule has 2 amide bonds. The topological polar surface area (TPSA) is 170 Å². The Morgan fingerprint density at radius 1 is 1.32 bits per heavy atom. The van der Waals surface area contributed by atoms with E-state index in [0.29, 0.717) is 11.3 Å². The number of anilines is 1. The van der Waals surface area contributed by atoms with E-state index in [4.69, 9.17) is 10.8 Å². The van der Waals surface area contributed by atoms with E-state index in [0.717, 1.165) is 16.2 Å². The number of amides is 2. The molecule has 4 heterocycles. The van der Waals surface area contributed by atoms with Crippen LogP contribution in [-0.4, -0.2) is 55.9 Å². The first kappa shape index (κ1) is 23.4. The van der Waals surface area contributed by atoms with Crippen LogP contribution in [0.1, 0.15) is 12.1 Å². The molecular formula is C21H19N5O6S2. The molecule has 2 aliphatic heterocycles. The van der Waals surface area contributed by atoms with Gasteiger partial charge in [-0.2, -0.15) is 0 Å². The summed E-state index contributed by atoms with van der Waals surface area (Å²) in [7, 11) is 0. The Bertz CT molecular complexity index is 1230. The number of nitrogen functional groups attached to an aromatic ring is 1. The molecule has 1 fully saturated rings. The van der Waals surface area contributed by atoms with Crippen molar-refractivity contribution in [3.63, 3.8) is 0 Å². The number of carbonyl (C=O) groups excluding carboxylic acids is 3. The number of β-lactam (4-membered cyclic amide) rings is 1. The second-order valence-electron chi connectivity index (χ2n) is 7.44. The Morgan fingerprint density at radius 3 is 2.68 bits per heavy atom. The van der Waals surface area contributed by atoms with Gasteiger partial charge in [-0.15, -0.1) is 23.1 Å². The van der Waals surface area contributed by atoms with Gasteiger partial charge in [-0.1, -0.05) is 12.1 Å². The molecule has 4 N–H and O–H groups in total. The first-order chi connectivity index (χ1) is 16.3. The van der Waals surface area contributed by atoms with Gasteiger partial charge in [-0.25, -0.2) is 9.55 Å². The monoisotopic (exact) mass is 501 g/mol. The SMILES string of the molecule is Nc1nc(C(=CCC(=O)O)C(=O)N[C@@H]2C(=O)N3C(C(=O)[O-])=C(C[n+]4ccccc4)CS[C@@H]23)cs1. The maximum atomic E-state index is 12.9. The van der Waals surface area contributed by atoms with E-state index < -0.39 is 41.6 Å². The van der Waals surface area contributed by atoms with Crippen LogP contribution in [0.4, 0.5) is 5.13 Å². The smallest absolute Gasteiger partial charge is 0.307 e. The van der Waals surface area contributed by atoms with Gasteiger partial charge in [0.15, 0.2) is 24.1 Å². The van der Waals surface area contributed by atoms with Gasteiger partial charge in [0, 0.05) is 28.8 Å². The summed E-state index contributed by atoms with van der Waals surface area (Å²) in [4.78, 5) is 53.9. The average molecular weight is 502 g/mol. The van der Waals surface area contributed by atoms with Crippen LogP contribution in [0.15, 0.2) is 53.3 Å². The summed E-state index contributed by atoms with van der Waals surface area (Å²) >= 11 is 2.41. The van der Waals surface area contributed by atoms with Crippen molar-refractivity contribution in [1.29, 1.82) is 0 Å². The third-order valence-electron chi connectivity index (χ3n) is 5.20. The van der Waals surface area contributed by atoms with E-state index in [2.05, 4.69) is 10.3 Å². The zero-order valence-corrected chi connectivity index (χ0v) is 19.2. The van der Waals surface area contributed by atoms with E-state index in [-0.39, 0.29) is 28.6 Å². The fraction of sp³-hybridized carbons (Fsp3) is 0.238. The molecule has 0 saturated carbocycles. The lowest BCUT2D eigenvalue weighted by Crippen LogP contribution is -2.71. The lowest BCUT2D eigenvalue weighted by atomic mass is 10.0. The van der Waals surface area contributed by atoms with Crippen LogP contribution >= 0.6 is 23.1 Å². The van der Waals surface area contributed by atoms with Crippen molar-refractivity contribution in [2.75, 3.05) is 11.5 Å². The number of hydrogen-bond donors (Lipinski definition) is 3. The first-order valence-corrected chi connectivity index (χ1v) is 12.0. The molecule has 2 atom stereocenters. The van der Waals surface area contributed by atoms with Gasteiger partial charge >= 0.3 is 5.97 Å². The standard InChI is InChI=1S/C21H19N5O6S2/c22-21-23-13(10-34-21)12(4-5-14(27)28)17(29)24-15-18(30)26-16(20(31)32)11(9-33-19(15)26)8-25-6-2-1-3-7-25/h1-4,6-7,10,15,19H,5,8-9H2,(H4-,22,23,24,27,28,29,31,32)/t15-,19+/m1/s1. The van der Waals surface area contributed by atoms with Crippen LogP contribution in [-0.2, 0) is 25.7 Å². The average Bonchev–Trinajstić information content (AvgIpc) is 3.23. The second kappa shape index (κ2) is 9.65. The Kier molecular flexibility index (Phi) is 6.65. The van der Waals surface area contributed by atoms with E-state index in [1.165, 1.54) is 23.2 Å². The summed E-state index contributed by atoms with van der Waals surface area (Å²) in [6, 6.07) is 4.47. The predicted molar refractivity (Wildman–Crippen MR) is 120 cm³/mol. The molecule has 0 bridgehead atoms. The van der Waals surface area contributed by atoms with E-state index in [9.17, 15) is 24.3 Å². The zero-order valence-electron chi connectivity index (χ0n) is 17.5. The number of carboxylic acid groups (broad SMARTS) is 2. The molecular weight excluding hydrogens is 482 g/mol. The van der Waals surface area contributed by atoms with Crippen molar-refractivity contribution in [3.8, 4) is 0 Å². The zero-order chi connectivity index (χ0) is 24.4. The van der Waals surface area contributed by atoms with Gasteiger partial charge in [0.05, 0.1) is 29.4 Å². The third kappa shape index (κ3) is 4.65. The van der Waals surface area contributed by atoms with E-state index in [1.807, 2.05) is 18.2 Å². The highest BCUT2D eigenvalue weighted by Crippen LogP contribution is 2.40.